The highest BCUT2D eigenvalue weighted by atomic mass is 35.5. The molecule has 9 heteroatoms. The number of amidine groups is 1. The van der Waals surface area contributed by atoms with Crippen LogP contribution >= 0.6 is 11.6 Å². The second-order valence-corrected chi connectivity index (χ2v) is 6.77. The van der Waals surface area contributed by atoms with Crippen molar-refractivity contribution < 1.29 is 9.90 Å². The Balaban J connectivity index is 1.52. The van der Waals surface area contributed by atoms with Crippen LogP contribution in [0.3, 0.4) is 0 Å². The van der Waals surface area contributed by atoms with Crippen LogP contribution in [0.2, 0.25) is 5.15 Å². The van der Waals surface area contributed by atoms with Gasteiger partial charge in [-0.3, -0.25) is 9.79 Å². The van der Waals surface area contributed by atoms with E-state index < -0.39 is 5.91 Å². The summed E-state index contributed by atoms with van der Waals surface area (Å²) >= 11 is 5.81. The number of nitrogens with one attached hydrogen (secondary N) is 1. The smallest absolute Gasteiger partial charge is 0.279 e. The number of nitrogen functional groups attached to an aromatic ring is 2. The summed E-state index contributed by atoms with van der Waals surface area (Å²) in [6.45, 7) is 0. The standard InChI is InChI=1S/C18H21ClN6O2/c19-15-17(21)25-16(20)14(24-15)18(27)23-13-9-6-11(22-13)3-1-2-10-4-7-12(26)8-5-10/h4-5,7-8,11,26H,1-3,6,9H2,(H4,20,21,25)(H,22,23,27)/t11-/m1/s1. The summed E-state index contributed by atoms with van der Waals surface area (Å²) < 4.78 is 0. The first-order chi connectivity index (χ1) is 12.9. The molecule has 0 radical (unpaired) electrons. The van der Waals surface area contributed by atoms with Gasteiger partial charge in [0.15, 0.2) is 22.5 Å². The number of aromatic hydroxyl groups is 1. The number of amides is 1. The zero-order valence-corrected chi connectivity index (χ0v) is 15.4. The molecule has 2 heterocycles. The van der Waals surface area contributed by atoms with E-state index in [1.165, 1.54) is 5.56 Å². The zero-order valence-electron chi connectivity index (χ0n) is 14.7. The highest BCUT2D eigenvalue weighted by Crippen LogP contribution is 2.20. The third-order valence-electron chi connectivity index (χ3n) is 4.37. The third-order valence-corrected chi connectivity index (χ3v) is 4.65. The Bertz CT molecular complexity index is 869. The summed E-state index contributed by atoms with van der Waals surface area (Å²) in [5, 5.41) is 12.0. The number of anilines is 2. The molecule has 27 heavy (non-hydrogen) atoms. The Kier molecular flexibility index (Phi) is 5.75. The Hall–Kier alpha value is -2.87. The Morgan fingerprint density at radius 2 is 1.96 bits per heavy atom. The van der Waals surface area contributed by atoms with Gasteiger partial charge in [-0.15, -0.1) is 0 Å². The van der Waals surface area contributed by atoms with Gasteiger partial charge in [0.25, 0.3) is 5.91 Å². The number of carbonyl (C=O) groups is 1. The molecule has 142 valence electrons. The molecular formula is C18H21ClN6O2. The van der Waals surface area contributed by atoms with Gasteiger partial charge in [-0.1, -0.05) is 23.7 Å². The molecule has 1 atom stereocenters. The quantitative estimate of drug-likeness (QED) is 0.619. The molecule has 8 nitrogen and oxygen atoms in total. The molecular weight excluding hydrogens is 368 g/mol. The van der Waals surface area contributed by atoms with E-state index in [1.807, 2.05) is 12.1 Å². The van der Waals surface area contributed by atoms with E-state index in [0.717, 1.165) is 25.7 Å². The lowest BCUT2D eigenvalue weighted by Gasteiger charge is -2.07. The van der Waals surface area contributed by atoms with Crippen molar-refractivity contribution in [2.75, 3.05) is 11.5 Å². The second-order valence-electron chi connectivity index (χ2n) is 6.41. The van der Waals surface area contributed by atoms with Gasteiger partial charge in [0.2, 0.25) is 0 Å². The van der Waals surface area contributed by atoms with Crippen LogP contribution < -0.4 is 16.8 Å². The van der Waals surface area contributed by atoms with Crippen LogP contribution in [-0.2, 0) is 6.42 Å². The molecule has 1 aromatic heterocycles. The maximum atomic E-state index is 12.3. The van der Waals surface area contributed by atoms with Gasteiger partial charge in [0.1, 0.15) is 11.6 Å². The minimum Gasteiger partial charge on any atom is -0.508 e. The van der Waals surface area contributed by atoms with Gasteiger partial charge in [-0.2, -0.15) is 0 Å². The maximum absolute atomic E-state index is 12.3. The molecule has 1 aliphatic heterocycles. The number of aliphatic imine (C=N–C) groups is 1. The molecule has 1 amide bonds. The van der Waals surface area contributed by atoms with Gasteiger partial charge < -0.3 is 21.9 Å². The van der Waals surface area contributed by atoms with Crippen molar-refractivity contribution in [3.8, 4) is 5.75 Å². The number of carbonyl (C=O) groups excluding carboxylic acids is 1. The first-order valence-electron chi connectivity index (χ1n) is 8.67. The maximum Gasteiger partial charge on any atom is 0.279 e. The van der Waals surface area contributed by atoms with Crippen molar-refractivity contribution in [3.63, 3.8) is 0 Å². The fourth-order valence-electron chi connectivity index (χ4n) is 2.96. The van der Waals surface area contributed by atoms with Crippen LogP contribution in [0.15, 0.2) is 29.3 Å². The minimum absolute atomic E-state index is 0.0161. The van der Waals surface area contributed by atoms with Crippen molar-refractivity contribution in [1.82, 2.24) is 15.3 Å². The van der Waals surface area contributed by atoms with Gasteiger partial charge >= 0.3 is 0 Å². The fourth-order valence-corrected chi connectivity index (χ4v) is 3.09. The van der Waals surface area contributed by atoms with E-state index in [4.69, 9.17) is 23.1 Å². The SMILES string of the molecule is Nc1nc(N)c(C(=O)NC2=N[C@H](CCCc3ccc(O)cc3)CC2)nc1Cl. The van der Waals surface area contributed by atoms with Gasteiger partial charge in [0, 0.05) is 6.42 Å². The van der Waals surface area contributed by atoms with Gasteiger partial charge in [0.05, 0.1) is 6.04 Å². The summed E-state index contributed by atoms with van der Waals surface area (Å²) in [6.07, 6.45) is 4.40. The number of hydrogen-bond acceptors (Lipinski definition) is 7. The molecule has 0 bridgehead atoms. The largest absolute Gasteiger partial charge is 0.508 e. The number of rotatable bonds is 5. The summed E-state index contributed by atoms with van der Waals surface area (Å²) in [5.74, 6) is 0.303. The number of aryl methyl sites for hydroxylation is 1. The van der Waals surface area contributed by atoms with E-state index >= 15 is 0 Å². The van der Waals surface area contributed by atoms with E-state index in [1.54, 1.807) is 12.1 Å². The Morgan fingerprint density at radius 3 is 2.70 bits per heavy atom. The van der Waals surface area contributed by atoms with Gasteiger partial charge in [-0.25, -0.2) is 9.97 Å². The van der Waals surface area contributed by atoms with Crippen LogP contribution in [-0.4, -0.2) is 32.9 Å². The zero-order chi connectivity index (χ0) is 19.4. The molecule has 6 N–H and O–H groups in total. The summed E-state index contributed by atoms with van der Waals surface area (Å²) in [5.41, 5.74) is 12.3. The average Bonchev–Trinajstić information content (AvgIpc) is 3.07. The molecule has 0 saturated carbocycles. The first-order valence-corrected chi connectivity index (χ1v) is 9.04. The van der Waals surface area contributed by atoms with Gasteiger partial charge in [-0.05, 0) is 43.4 Å². The molecule has 0 spiro atoms. The molecule has 1 aliphatic rings. The number of nitrogens with two attached hydrogens (primary N) is 2. The summed E-state index contributed by atoms with van der Waals surface area (Å²) in [6, 6.07) is 7.39. The lowest BCUT2D eigenvalue weighted by atomic mass is 10.0. The average molecular weight is 389 g/mol. The van der Waals surface area contributed by atoms with E-state index in [9.17, 15) is 9.90 Å². The van der Waals surface area contributed by atoms with E-state index in [2.05, 4.69) is 20.3 Å². The molecule has 0 saturated heterocycles. The van der Waals surface area contributed by atoms with Crippen molar-refractivity contribution in [2.45, 2.75) is 38.1 Å². The molecule has 1 aromatic carbocycles. The number of benzene rings is 1. The Labute approximate surface area is 161 Å². The second kappa shape index (κ2) is 8.22. The highest BCUT2D eigenvalue weighted by Gasteiger charge is 2.22. The number of halogens is 1. The highest BCUT2D eigenvalue weighted by molar-refractivity contribution is 6.31. The normalized spacial score (nSPS) is 16.2. The number of nitrogens with zero attached hydrogens (tertiary/aromatic N) is 3. The fraction of sp³-hybridized carbons (Fsp3) is 0.333. The molecule has 2 aromatic rings. The predicted octanol–water partition coefficient (Wildman–Crippen LogP) is 2.31. The Morgan fingerprint density at radius 1 is 1.22 bits per heavy atom. The lowest BCUT2D eigenvalue weighted by Crippen LogP contribution is -2.31. The summed E-state index contributed by atoms with van der Waals surface area (Å²) in [7, 11) is 0. The van der Waals surface area contributed by atoms with Crippen LogP contribution in [0.1, 0.15) is 41.7 Å². The molecule has 0 fully saturated rings. The summed E-state index contributed by atoms with van der Waals surface area (Å²) in [4.78, 5) is 24.6. The van der Waals surface area contributed by atoms with E-state index in [-0.39, 0.29) is 34.3 Å². The minimum atomic E-state index is -0.495. The topological polar surface area (TPSA) is 140 Å². The van der Waals surface area contributed by atoms with Crippen molar-refractivity contribution in [2.24, 2.45) is 4.99 Å². The van der Waals surface area contributed by atoms with Crippen LogP contribution in [0.25, 0.3) is 0 Å². The van der Waals surface area contributed by atoms with Crippen molar-refractivity contribution >= 4 is 35.0 Å². The number of aromatic nitrogens is 2. The lowest BCUT2D eigenvalue weighted by molar-refractivity contribution is 0.0972. The monoisotopic (exact) mass is 388 g/mol. The number of phenolic OH excluding ortho intramolecular Hbond substituents is 1. The molecule has 3 rings (SSSR count). The van der Waals surface area contributed by atoms with Crippen molar-refractivity contribution in [1.29, 1.82) is 0 Å². The van der Waals surface area contributed by atoms with Crippen LogP contribution in [0.4, 0.5) is 11.6 Å². The molecule has 0 aliphatic carbocycles. The van der Waals surface area contributed by atoms with E-state index in [0.29, 0.717) is 12.3 Å². The number of hydrogen-bond donors (Lipinski definition) is 4. The third kappa shape index (κ3) is 4.85. The predicted molar refractivity (Wildman–Crippen MR) is 105 cm³/mol. The molecule has 0 unspecified atom stereocenters. The first kappa shape index (κ1) is 18.9. The van der Waals surface area contributed by atoms with Crippen molar-refractivity contribution in [3.05, 3.63) is 40.7 Å². The van der Waals surface area contributed by atoms with Crippen LogP contribution in [0, 0.1) is 0 Å². The van der Waals surface area contributed by atoms with Crippen LogP contribution in [0.5, 0.6) is 5.75 Å². The number of phenols is 1.